The standard InChI is InChI=1S/C9H27IO4SSi4/c1-15(2,10)19(9)13-17(5,6)11-16(3,4)12-18(7,8)14-19/h1-9H3. The zero-order valence-corrected chi connectivity index (χ0v) is 20.4. The third-order valence-corrected chi connectivity index (χ3v) is 33.2. The van der Waals surface area contributed by atoms with Gasteiger partial charge in [0.05, 0.1) is 0 Å². The maximum absolute atomic E-state index is 6.55. The summed E-state index contributed by atoms with van der Waals surface area (Å²) in [4.78, 5) is 0. The largest absolute Gasteiger partial charge is 0.416 e. The van der Waals surface area contributed by atoms with Crippen LogP contribution in [0, 0.1) is 0 Å². The van der Waals surface area contributed by atoms with E-state index in [2.05, 4.69) is 79.5 Å². The Kier molecular flexibility index (Phi) is 5.41. The molecule has 0 unspecified atom stereocenters. The molecular weight excluding hydrogens is 443 g/mol. The van der Waals surface area contributed by atoms with Gasteiger partial charge in [0, 0.05) is 0 Å². The Morgan fingerprint density at radius 1 is 0.632 bits per heavy atom. The highest BCUT2D eigenvalue weighted by atomic mass is 127. The topological polar surface area (TPSA) is 36.9 Å². The van der Waals surface area contributed by atoms with E-state index < -0.39 is 40.0 Å². The van der Waals surface area contributed by atoms with Crippen LogP contribution in [0.2, 0.25) is 45.8 Å². The smallest absolute Gasteiger partial charge is 0.377 e. The molecule has 0 bridgehead atoms. The molecule has 1 rings (SSSR count). The molecule has 0 spiro atoms. The van der Waals surface area contributed by atoms with Gasteiger partial charge in [0.2, 0.25) is 0 Å². The molecule has 0 atom stereocenters. The zero-order chi connectivity index (χ0) is 15.3. The van der Waals surface area contributed by atoms with Crippen LogP contribution >= 0.6 is 27.9 Å². The van der Waals surface area contributed by atoms with Crippen molar-refractivity contribution in [1.29, 1.82) is 0 Å². The second kappa shape index (κ2) is 5.45. The van der Waals surface area contributed by atoms with Gasteiger partial charge >= 0.3 is 33.4 Å². The minimum Gasteiger partial charge on any atom is -0.416 e. The molecule has 0 aromatic carbocycles. The van der Waals surface area contributed by atoms with Crippen molar-refractivity contribution < 1.29 is 16.5 Å². The van der Waals surface area contributed by atoms with Gasteiger partial charge in [-0.15, -0.1) is 0 Å². The van der Waals surface area contributed by atoms with Crippen LogP contribution in [0.5, 0.6) is 0 Å². The van der Waals surface area contributed by atoms with Gasteiger partial charge in [0.15, 0.2) is 0 Å². The molecule has 4 nitrogen and oxygen atoms in total. The van der Waals surface area contributed by atoms with E-state index in [0.29, 0.717) is 0 Å². The van der Waals surface area contributed by atoms with Crippen LogP contribution in [-0.4, -0.2) is 45.9 Å². The molecule has 0 aliphatic carbocycles. The average Bonchev–Trinajstić information content (AvgIpc) is 1.89. The van der Waals surface area contributed by atoms with E-state index in [1.54, 1.807) is 0 Å². The first kappa shape index (κ1) is 18.8. The normalized spacial score (nSPS) is 30.2. The molecule has 1 saturated heterocycles. The predicted octanol–water partition coefficient (Wildman–Crippen LogP) is 4.15. The number of hydrogen-bond acceptors (Lipinski definition) is 4. The van der Waals surface area contributed by atoms with Gasteiger partial charge in [0.25, 0.3) is 0 Å². The van der Waals surface area contributed by atoms with Crippen LogP contribution in [0.15, 0.2) is 0 Å². The molecule has 1 aliphatic heterocycles. The maximum atomic E-state index is 6.55. The highest BCUT2D eigenvalue weighted by Gasteiger charge is 2.56. The average molecular weight is 471 g/mol. The van der Waals surface area contributed by atoms with Crippen LogP contribution in [0.1, 0.15) is 0 Å². The Morgan fingerprint density at radius 2 is 0.895 bits per heavy atom. The van der Waals surface area contributed by atoms with Gasteiger partial charge < -0.3 is 16.5 Å². The fourth-order valence-corrected chi connectivity index (χ4v) is 34.8. The molecule has 1 heterocycles. The second-order valence-electron chi connectivity index (χ2n) is 6.67. The number of halogens is 1. The van der Waals surface area contributed by atoms with Crippen molar-refractivity contribution >= 4 is 61.2 Å². The molecule has 0 aromatic rings. The van der Waals surface area contributed by atoms with Crippen LogP contribution in [0.4, 0.5) is 0 Å². The summed E-state index contributed by atoms with van der Waals surface area (Å²) in [7, 11) is -8.86. The van der Waals surface area contributed by atoms with Crippen molar-refractivity contribution in [3.05, 3.63) is 0 Å². The molecule has 0 saturated carbocycles. The lowest BCUT2D eigenvalue weighted by atomic mass is 11.9. The first-order chi connectivity index (χ1) is 8.08. The third-order valence-electron chi connectivity index (χ3n) is 2.73. The lowest BCUT2D eigenvalue weighted by Gasteiger charge is -2.52. The SMILES string of the molecule is C[Si]1(C)O[Si](C)(C)O[Si](C)(S(C)(C)I)O[Si](C)(C)O1. The molecule has 0 radical (unpaired) electrons. The fraction of sp³-hybridized carbons (Fsp3) is 1.00. The van der Waals surface area contributed by atoms with Crippen molar-refractivity contribution in [2.75, 3.05) is 12.5 Å². The van der Waals surface area contributed by atoms with E-state index in [1.807, 2.05) is 0 Å². The van der Waals surface area contributed by atoms with Crippen molar-refractivity contribution in [2.24, 2.45) is 0 Å². The van der Waals surface area contributed by atoms with Crippen LogP contribution < -0.4 is 0 Å². The van der Waals surface area contributed by atoms with Crippen molar-refractivity contribution in [3.8, 4) is 0 Å². The second-order valence-corrected chi connectivity index (χ2v) is 36.9. The number of hydrogen-bond donors (Lipinski definition) is 0. The molecule has 116 valence electrons. The monoisotopic (exact) mass is 470 g/mol. The van der Waals surface area contributed by atoms with E-state index in [9.17, 15) is 0 Å². The highest BCUT2D eigenvalue weighted by Crippen LogP contribution is 2.60. The first-order valence-corrected chi connectivity index (χ1v) is 22.8. The van der Waals surface area contributed by atoms with Gasteiger partial charge in [-0.3, -0.25) is 0 Å². The Balaban J connectivity index is 3.19. The third kappa shape index (κ3) is 5.17. The summed E-state index contributed by atoms with van der Waals surface area (Å²) in [6.07, 6.45) is 4.53. The minimum absolute atomic E-state index is 0.955. The van der Waals surface area contributed by atoms with Crippen LogP contribution in [-0.2, 0) is 16.5 Å². The van der Waals surface area contributed by atoms with Gasteiger partial charge in [0.1, 0.15) is 0 Å². The summed E-state index contributed by atoms with van der Waals surface area (Å²) in [5.74, 6) is 0. The predicted molar refractivity (Wildman–Crippen MR) is 102 cm³/mol. The summed E-state index contributed by atoms with van der Waals surface area (Å²) < 4.78 is 25.8. The fourth-order valence-electron chi connectivity index (χ4n) is 2.36. The van der Waals surface area contributed by atoms with E-state index in [-0.39, 0.29) is 0 Å². The van der Waals surface area contributed by atoms with Gasteiger partial charge in [-0.1, -0.05) is 0 Å². The van der Waals surface area contributed by atoms with E-state index in [1.165, 1.54) is 0 Å². The molecule has 1 fully saturated rings. The van der Waals surface area contributed by atoms with Crippen molar-refractivity contribution in [3.63, 3.8) is 0 Å². The van der Waals surface area contributed by atoms with E-state index >= 15 is 0 Å². The van der Waals surface area contributed by atoms with E-state index in [0.717, 1.165) is 0 Å². The summed E-state index contributed by atoms with van der Waals surface area (Å²) in [6.45, 7) is 13.9. The molecule has 0 amide bonds. The molecule has 1 aliphatic rings. The Labute approximate surface area is 135 Å². The lowest BCUT2D eigenvalue weighted by Crippen LogP contribution is -2.65. The van der Waals surface area contributed by atoms with Crippen LogP contribution in [0.25, 0.3) is 0 Å². The van der Waals surface area contributed by atoms with Crippen molar-refractivity contribution in [1.82, 2.24) is 0 Å². The Morgan fingerprint density at radius 3 is 1.16 bits per heavy atom. The minimum atomic E-state index is -2.29. The summed E-state index contributed by atoms with van der Waals surface area (Å²) in [5, 5.41) is 0. The van der Waals surface area contributed by atoms with E-state index in [4.69, 9.17) is 16.5 Å². The Hall–Kier alpha value is 1.79. The molecular formula is C9H27IO4SSi4. The maximum Gasteiger partial charge on any atom is 0.377 e. The molecule has 19 heavy (non-hydrogen) atoms. The summed E-state index contributed by atoms with van der Waals surface area (Å²) >= 11 is 2.52. The zero-order valence-electron chi connectivity index (χ0n) is 13.4. The van der Waals surface area contributed by atoms with Gasteiger partial charge in [-0.05, 0) is 79.5 Å². The summed E-state index contributed by atoms with van der Waals surface area (Å²) in [5.41, 5.74) is 0. The number of rotatable bonds is 1. The van der Waals surface area contributed by atoms with Gasteiger partial charge in [-0.25, -0.2) is 0 Å². The van der Waals surface area contributed by atoms with Gasteiger partial charge in [-0.2, -0.15) is 6.65 Å². The molecule has 10 heteroatoms. The molecule has 0 N–H and O–H groups in total. The molecule has 0 aromatic heterocycles. The van der Waals surface area contributed by atoms with Crippen LogP contribution in [0.3, 0.4) is 0 Å². The highest BCUT2D eigenvalue weighted by molar-refractivity contribution is 14.2. The lowest BCUT2D eigenvalue weighted by molar-refractivity contribution is 0.247. The van der Waals surface area contributed by atoms with Crippen molar-refractivity contribution in [2.45, 2.75) is 45.8 Å². The Bertz CT molecular complexity index is 337. The first-order valence-electron chi connectivity index (χ1n) is 6.31. The quantitative estimate of drug-likeness (QED) is 0.426. The summed E-state index contributed by atoms with van der Waals surface area (Å²) in [6, 6.07) is 0.